The van der Waals surface area contributed by atoms with Gasteiger partial charge >= 0.3 is 5.97 Å². The zero-order chi connectivity index (χ0) is 14.2. The van der Waals surface area contributed by atoms with Gasteiger partial charge in [-0.05, 0) is 5.56 Å². The van der Waals surface area contributed by atoms with Gasteiger partial charge in [-0.2, -0.15) is 0 Å². The normalized spacial score (nSPS) is 10.4. The molecule has 4 nitrogen and oxygen atoms in total. The summed E-state index contributed by atoms with van der Waals surface area (Å²) < 4.78 is 0. The average Bonchev–Trinajstić information content (AvgIpc) is 2.46. The molecule has 0 amide bonds. The molecule has 2 aromatic rings. The molecule has 0 atom stereocenters. The highest BCUT2D eigenvalue weighted by Crippen LogP contribution is 2.23. The smallest absolute Gasteiger partial charge is 0.304 e. The van der Waals surface area contributed by atoms with E-state index in [0.29, 0.717) is 5.75 Å². The zero-order valence-electron chi connectivity index (χ0n) is 10.7. The fraction of sp³-hybridized carbons (Fsp3) is 0.214. The number of carboxylic acids is 1. The van der Waals surface area contributed by atoms with Gasteiger partial charge in [0.15, 0.2) is 0 Å². The van der Waals surface area contributed by atoms with E-state index in [1.807, 2.05) is 18.2 Å². The maximum Gasteiger partial charge on any atom is 0.304 e. The molecule has 0 bridgehead atoms. The van der Waals surface area contributed by atoms with Crippen LogP contribution >= 0.6 is 23.5 Å². The lowest BCUT2D eigenvalue weighted by molar-refractivity contribution is -0.136. The van der Waals surface area contributed by atoms with Crippen LogP contribution in [0.2, 0.25) is 0 Å². The van der Waals surface area contributed by atoms with E-state index in [9.17, 15) is 4.79 Å². The van der Waals surface area contributed by atoms with Crippen LogP contribution in [0.1, 0.15) is 12.0 Å². The predicted molar refractivity (Wildman–Crippen MR) is 81.0 cm³/mol. The molecule has 1 aromatic heterocycles. The van der Waals surface area contributed by atoms with E-state index in [0.717, 1.165) is 15.8 Å². The van der Waals surface area contributed by atoms with Gasteiger partial charge in [-0.1, -0.05) is 30.3 Å². The van der Waals surface area contributed by atoms with Gasteiger partial charge in [0.1, 0.15) is 10.1 Å². The van der Waals surface area contributed by atoms with Gasteiger partial charge in [-0.25, -0.2) is 4.98 Å². The van der Waals surface area contributed by atoms with E-state index < -0.39 is 5.97 Å². The molecule has 0 saturated heterocycles. The molecule has 0 unspecified atom stereocenters. The summed E-state index contributed by atoms with van der Waals surface area (Å²) in [7, 11) is 0. The van der Waals surface area contributed by atoms with Crippen LogP contribution in [0.5, 0.6) is 0 Å². The predicted octanol–water partition coefficient (Wildman–Crippen LogP) is 3.34. The lowest BCUT2D eigenvalue weighted by Crippen LogP contribution is -1.96. The van der Waals surface area contributed by atoms with Crippen LogP contribution in [0.4, 0.5) is 0 Å². The molecule has 0 saturated carbocycles. The minimum atomic E-state index is -0.792. The summed E-state index contributed by atoms with van der Waals surface area (Å²) in [4.78, 5) is 19.1. The number of carbonyl (C=O) groups is 1. The zero-order valence-corrected chi connectivity index (χ0v) is 12.4. The van der Waals surface area contributed by atoms with Crippen molar-refractivity contribution in [2.75, 3.05) is 5.75 Å². The van der Waals surface area contributed by atoms with E-state index in [4.69, 9.17) is 5.11 Å². The van der Waals surface area contributed by atoms with Crippen LogP contribution in [-0.2, 0) is 10.5 Å². The highest BCUT2D eigenvalue weighted by Gasteiger charge is 2.03. The van der Waals surface area contributed by atoms with Crippen LogP contribution in [0.25, 0.3) is 0 Å². The Morgan fingerprint density at radius 3 is 2.50 bits per heavy atom. The minimum Gasteiger partial charge on any atom is -0.481 e. The number of thioether (sulfide) groups is 2. The Hall–Kier alpha value is -1.53. The van der Waals surface area contributed by atoms with E-state index in [1.54, 1.807) is 24.2 Å². The lowest BCUT2D eigenvalue weighted by atomic mass is 10.2. The SMILES string of the molecule is O=C(O)CCSc1cncc(SCc2ccccc2)n1. The minimum absolute atomic E-state index is 0.133. The maximum atomic E-state index is 10.5. The molecule has 0 aliphatic carbocycles. The van der Waals surface area contributed by atoms with Crippen LogP contribution in [0.15, 0.2) is 52.8 Å². The third-order valence-electron chi connectivity index (χ3n) is 2.39. The van der Waals surface area contributed by atoms with Gasteiger partial charge in [0.05, 0.1) is 18.8 Å². The Kier molecular flexibility index (Phi) is 5.88. The number of carboxylic acid groups (broad SMARTS) is 1. The molecule has 0 aliphatic heterocycles. The van der Waals surface area contributed by atoms with Crippen LogP contribution in [-0.4, -0.2) is 26.8 Å². The van der Waals surface area contributed by atoms with Gasteiger partial charge in [-0.15, -0.1) is 23.5 Å². The Labute approximate surface area is 126 Å². The van der Waals surface area contributed by atoms with Crippen molar-refractivity contribution in [3.8, 4) is 0 Å². The summed E-state index contributed by atoms with van der Waals surface area (Å²) in [6.07, 6.45) is 3.53. The van der Waals surface area contributed by atoms with Crippen molar-refractivity contribution in [2.45, 2.75) is 22.2 Å². The number of benzene rings is 1. The summed E-state index contributed by atoms with van der Waals surface area (Å²) in [5, 5.41) is 10.2. The summed E-state index contributed by atoms with van der Waals surface area (Å²) in [6, 6.07) is 10.2. The van der Waals surface area contributed by atoms with Gasteiger partial charge in [0, 0.05) is 11.5 Å². The number of hydrogen-bond acceptors (Lipinski definition) is 5. The van der Waals surface area contributed by atoms with Gasteiger partial charge in [0.25, 0.3) is 0 Å². The molecule has 0 aliphatic rings. The first-order valence-corrected chi connectivity index (χ1v) is 8.04. The standard InChI is InChI=1S/C14H14N2O2S2/c17-14(18)6-7-19-12-8-15-9-13(16-12)20-10-11-4-2-1-3-5-11/h1-5,8-9H,6-7,10H2,(H,17,18). The van der Waals surface area contributed by atoms with Crippen LogP contribution in [0, 0.1) is 0 Å². The maximum absolute atomic E-state index is 10.5. The monoisotopic (exact) mass is 306 g/mol. The number of aliphatic carboxylic acids is 1. The molecule has 0 radical (unpaired) electrons. The van der Waals surface area contributed by atoms with E-state index in [1.165, 1.54) is 17.3 Å². The van der Waals surface area contributed by atoms with Gasteiger partial charge in [-0.3, -0.25) is 9.78 Å². The molecular weight excluding hydrogens is 292 g/mol. The van der Waals surface area contributed by atoms with E-state index >= 15 is 0 Å². The Bertz CT molecular complexity index is 564. The third kappa shape index (κ3) is 5.22. The Balaban J connectivity index is 1.87. The topological polar surface area (TPSA) is 63.1 Å². The molecule has 2 rings (SSSR count). The summed E-state index contributed by atoms with van der Waals surface area (Å²) in [5.74, 6) is 0.565. The summed E-state index contributed by atoms with van der Waals surface area (Å²) in [5.41, 5.74) is 1.24. The molecule has 6 heteroatoms. The molecule has 1 aromatic carbocycles. The first-order valence-electron chi connectivity index (χ1n) is 6.07. The van der Waals surface area contributed by atoms with Crippen molar-refractivity contribution >= 4 is 29.5 Å². The van der Waals surface area contributed by atoms with Gasteiger partial charge < -0.3 is 5.11 Å². The molecule has 104 valence electrons. The van der Waals surface area contributed by atoms with Crippen molar-refractivity contribution in [2.24, 2.45) is 0 Å². The quantitative estimate of drug-likeness (QED) is 0.792. The fourth-order valence-corrected chi connectivity index (χ4v) is 3.09. The van der Waals surface area contributed by atoms with E-state index in [-0.39, 0.29) is 6.42 Å². The number of aromatic nitrogens is 2. The van der Waals surface area contributed by atoms with Gasteiger partial charge in [0.2, 0.25) is 0 Å². The largest absolute Gasteiger partial charge is 0.481 e. The second-order valence-corrected chi connectivity index (χ2v) is 6.07. The number of nitrogens with zero attached hydrogens (tertiary/aromatic N) is 2. The highest BCUT2D eigenvalue weighted by molar-refractivity contribution is 7.99. The molecular formula is C14H14N2O2S2. The third-order valence-corrected chi connectivity index (χ3v) is 4.26. The van der Waals surface area contributed by atoms with Crippen molar-refractivity contribution < 1.29 is 9.90 Å². The second-order valence-electron chi connectivity index (χ2n) is 3.96. The first kappa shape index (κ1) is 14.9. The van der Waals surface area contributed by atoms with Crippen LogP contribution in [0.3, 0.4) is 0 Å². The van der Waals surface area contributed by atoms with Crippen molar-refractivity contribution in [3.63, 3.8) is 0 Å². The van der Waals surface area contributed by atoms with Crippen LogP contribution < -0.4 is 0 Å². The number of hydrogen-bond donors (Lipinski definition) is 1. The summed E-state index contributed by atoms with van der Waals surface area (Å²) in [6.45, 7) is 0. The second kappa shape index (κ2) is 7.91. The number of rotatable bonds is 7. The first-order chi connectivity index (χ1) is 9.74. The fourth-order valence-electron chi connectivity index (χ4n) is 1.44. The highest BCUT2D eigenvalue weighted by atomic mass is 32.2. The van der Waals surface area contributed by atoms with Crippen molar-refractivity contribution in [1.29, 1.82) is 0 Å². The molecule has 0 spiro atoms. The van der Waals surface area contributed by atoms with Crippen molar-refractivity contribution in [3.05, 3.63) is 48.3 Å². The lowest BCUT2D eigenvalue weighted by Gasteiger charge is -2.03. The summed E-state index contributed by atoms with van der Waals surface area (Å²) >= 11 is 3.04. The van der Waals surface area contributed by atoms with E-state index in [2.05, 4.69) is 22.1 Å². The molecule has 1 N–H and O–H groups in total. The molecule has 0 fully saturated rings. The Morgan fingerprint density at radius 1 is 1.10 bits per heavy atom. The molecule has 1 heterocycles. The average molecular weight is 306 g/mol. The Morgan fingerprint density at radius 2 is 1.80 bits per heavy atom. The molecule has 20 heavy (non-hydrogen) atoms. The van der Waals surface area contributed by atoms with Crippen molar-refractivity contribution in [1.82, 2.24) is 9.97 Å².